The maximum absolute atomic E-state index is 10.1. The lowest BCUT2D eigenvalue weighted by Crippen LogP contribution is -2.07. The lowest BCUT2D eigenvalue weighted by Gasteiger charge is -2.18. The fourth-order valence-corrected chi connectivity index (χ4v) is 2.33. The molecule has 0 unspecified atom stereocenters. The third-order valence-electron chi connectivity index (χ3n) is 3.85. The van der Waals surface area contributed by atoms with E-state index in [1.807, 2.05) is 13.0 Å². The molecular formula is C17H17NO2. The van der Waals surface area contributed by atoms with Gasteiger partial charge in [-0.25, -0.2) is 0 Å². The fourth-order valence-electron chi connectivity index (χ4n) is 2.33. The number of benzene rings is 1. The van der Waals surface area contributed by atoms with Gasteiger partial charge in [0.1, 0.15) is 11.3 Å². The smallest absolute Gasteiger partial charge is 0.215 e. The average Bonchev–Trinajstić information content (AvgIpc) is 2.36. The van der Waals surface area contributed by atoms with Crippen LogP contribution >= 0.6 is 0 Å². The van der Waals surface area contributed by atoms with Gasteiger partial charge in [0.05, 0.1) is 5.39 Å². The van der Waals surface area contributed by atoms with Crippen LogP contribution in [0.2, 0.25) is 0 Å². The highest BCUT2D eigenvalue weighted by Gasteiger charge is 2.14. The summed E-state index contributed by atoms with van der Waals surface area (Å²) in [6.07, 6.45) is 4.32. The summed E-state index contributed by atoms with van der Waals surface area (Å²) in [7, 11) is 0. The summed E-state index contributed by atoms with van der Waals surface area (Å²) in [5.74, 6) is 6.98. The van der Waals surface area contributed by atoms with Gasteiger partial charge in [-0.15, -0.1) is 0 Å². The summed E-state index contributed by atoms with van der Waals surface area (Å²) in [5.41, 5.74) is 2.21. The minimum Gasteiger partial charge on any atom is -0.507 e. The van der Waals surface area contributed by atoms with Gasteiger partial charge in [0, 0.05) is 17.0 Å². The van der Waals surface area contributed by atoms with Crippen molar-refractivity contribution < 1.29 is 9.52 Å². The van der Waals surface area contributed by atoms with Crippen molar-refractivity contribution in [2.75, 3.05) is 0 Å². The molecule has 0 aliphatic heterocycles. The van der Waals surface area contributed by atoms with E-state index in [-0.39, 0.29) is 11.3 Å². The minimum absolute atomic E-state index is 0.156. The molecule has 0 radical (unpaired) electrons. The molecule has 102 valence electrons. The molecule has 20 heavy (non-hydrogen) atoms. The van der Waals surface area contributed by atoms with Gasteiger partial charge in [-0.05, 0) is 37.5 Å². The molecule has 3 heteroatoms. The van der Waals surface area contributed by atoms with Gasteiger partial charge in [-0.2, -0.15) is 0 Å². The Morgan fingerprint density at radius 2 is 2.15 bits per heavy atom. The van der Waals surface area contributed by atoms with E-state index in [0.29, 0.717) is 23.3 Å². The predicted octanol–water partition coefficient (Wildman–Crippen LogP) is 3.33. The zero-order valence-corrected chi connectivity index (χ0v) is 11.5. The zero-order valence-electron chi connectivity index (χ0n) is 11.5. The van der Waals surface area contributed by atoms with Crippen LogP contribution in [0.1, 0.15) is 37.3 Å². The second kappa shape index (κ2) is 5.05. The van der Waals surface area contributed by atoms with Gasteiger partial charge in [0.2, 0.25) is 5.55 Å². The van der Waals surface area contributed by atoms with E-state index in [1.54, 1.807) is 12.1 Å². The third-order valence-corrected chi connectivity index (χ3v) is 3.85. The zero-order chi connectivity index (χ0) is 14.1. The van der Waals surface area contributed by atoms with E-state index in [9.17, 15) is 5.11 Å². The van der Waals surface area contributed by atoms with E-state index in [1.165, 1.54) is 19.3 Å². The van der Waals surface area contributed by atoms with Gasteiger partial charge in [0.15, 0.2) is 0 Å². The van der Waals surface area contributed by atoms with Crippen LogP contribution < -0.4 is 5.55 Å². The van der Waals surface area contributed by atoms with Crippen molar-refractivity contribution in [3.63, 3.8) is 0 Å². The average molecular weight is 267 g/mol. The van der Waals surface area contributed by atoms with E-state index in [0.717, 1.165) is 11.1 Å². The summed E-state index contributed by atoms with van der Waals surface area (Å²) in [6.45, 7) is 1.96. The molecule has 0 saturated heterocycles. The number of phenolic OH excluding ortho intramolecular Hbond substituents is 1. The second-order valence-electron chi connectivity index (χ2n) is 5.26. The van der Waals surface area contributed by atoms with Crippen molar-refractivity contribution >= 4 is 11.0 Å². The minimum atomic E-state index is 0.156. The Hall–Kier alpha value is -2.21. The normalized spacial score (nSPS) is 14.7. The first-order valence-electron chi connectivity index (χ1n) is 7.03. The Balaban J connectivity index is 2.08. The number of rotatable bonds is 1. The standard InChI is InChI=1S/C17H17NO2/c1-2-13-10-14-15(19)8-12(7-6-11-4-3-5-11)9-16(14)20-17(13)18/h8-11,18-19H,2-5H2,1H3. The Morgan fingerprint density at radius 3 is 2.80 bits per heavy atom. The highest BCUT2D eigenvalue weighted by molar-refractivity contribution is 5.85. The molecule has 0 bridgehead atoms. The van der Waals surface area contributed by atoms with Crippen LogP contribution in [0.3, 0.4) is 0 Å². The first kappa shape index (κ1) is 12.8. The molecule has 2 N–H and O–H groups in total. The third kappa shape index (κ3) is 2.30. The summed E-state index contributed by atoms with van der Waals surface area (Å²) in [5, 5.41) is 18.6. The Bertz CT molecular complexity index is 773. The summed E-state index contributed by atoms with van der Waals surface area (Å²) >= 11 is 0. The molecular weight excluding hydrogens is 250 g/mol. The van der Waals surface area contributed by atoms with Crippen LogP contribution in [0, 0.1) is 23.2 Å². The Morgan fingerprint density at radius 1 is 1.35 bits per heavy atom. The van der Waals surface area contributed by atoms with Crippen LogP contribution in [-0.2, 0) is 6.42 Å². The van der Waals surface area contributed by atoms with Gasteiger partial charge in [-0.1, -0.05) is 25.2 Å². The number of aryl methyl sites for hydroxylation is 1. The van der Waals surface area contributed by atoms with Crippen LogP contribution in [0.15, 0.2) is 22.6 Å². The van der Waals surface area contributed by atoms with Gasteiger partial charge >= 0.3 is 0 Å². The molecule has 1 heterocycles. The quantitative estimate of drug-likeness (QED) is 0.779. The molecule has 0 atom stereocenters. The molecule has 1 aliphatic rings. The molecule has 1 saturated carbocycles. The number of nitrogens with one attached hydrogen (secondary N) is 1. The maximum atomic E-state index is 10.1. The fraction of sp³-hybridized carbons (Fsp3) is 0.353. The summed E-state index contributed by atoms with van der Waals surface area (Å²) < 4.78 is 5.49. The molecule has 3 nitrogen and oxygen atoms in total. The Kier molecular flexibility index (Phi) is 3.23. The maximum Gasteiger partial charge on any atom is 0.215 e. The number of fused-ring (bicyclic) bond motifs is 1. The SMILES string of the molecule is CCc1cc2c(O)cc(C#CC3CCC3)cc2oc1=N. The first-order chi connectivity index (χ1) is 9.67. The van der Waals surface area contributed by atoms with Crippen molar-refractivity contribution in [3.05, 3.63) is 34.9 Å². The predicted molar refractivity (Wildman–Crippen MR) is 77.3 cm³/mol. The van der Waals surface area contributed by atoms with E-state index in [2.05, 4.69) is 11.8 Å². The van der Waals surface area contributed by atoms with Crippen molar-refractivity contribution in [2.45, 2.75) is 32.6 Å². The number of hydrogen-bond donors (Lipinski definition) is 2. The molecule has 1 fully saturated rings. The number of hydrogen-bond acceptors (Lipinski definition) is 3. The molecule has 1 aliphatic carbocycles. The van der Waals surface area contributed by atoms with E-state index < -0.39 is 0 Å². The molecule has 1 aromatic heterocycles. The highest BCUT2D eigenvalue weighted by Crippen LogP contribution is 2.27. The molecule has 3 rings (SSSR count). The number of aromatic hydroxyl groups is 1. The highest BCUT2D eigenvalue weighted by atomic mass is 16.3. The van der Waals surface area contributed by atoms with Gasteiger partial charge in [0.25, 0.3) is 0 Å². The van der Waals surface area contributed by atoms with Crippen LogP contribution in [0.4, 0.5) is 0 Å². The van der Waals surface area contributed by atoms with Gasteiger partial charge < -0.3 is 9.52 Å². The van der Waals surface area contributed by atoms with Crippen LogP contribution in [0.5, 0.6) is 5.75 Å². The lowest BCUT2D eigenvalue weighted by atomic mass is 9.86. The molecule has 0 spiro atoms. The largest absolute Gasteiger partial charge is 0.507 e. The topological polar surface area (TPSA) is 57.2 Å². The number of phenols is 1. The van der Waals surface area contributed by atoms with Crippen molar-refractivity contribution in [1.29, 1.82) is 5.41 Å². The summed E-state index contributed by atoms with van der Waals surface area (Å²) in [6, 6.07) is 5.30. The molecule has 2 aromatic rings. The first-order valence-corrected chi connectivity index (χ1v) is 7.03. The lowest BCUT2D eigenvalue weighted by molar-refractivity contribution is 0.401. The van der Waals surface area contributed by atoms with Gasteiger partial charge in [-0.3, -0.25) is 5.41 Å². The Labute approximate surface area is 117 Å². The van der Waals surface area contributed by atoms with Crippen LogP contribution in [0.25, 0.3) is 11.0 Å². The van der Waals surface area contributed by atoms with Crippen LogP contribution in [-0.4, -0.2) is 5.11 Å². The molecule has 1 aromatic carbocycles. The van der Waals surface area contributed by atoms with Crippen molar-refractivity contribution in [1.82, 2.24) is 0 Å². The van der Waals surface area contributed by atoms with Crippen molar-refractivity contribution in [3.8, 4) is 17.6 Å². The summed E-state index contributed by atoms with van der Waals surface area (Å²) in [4.78, 5) is 0. The van der Waals surface area contributed by atoms with Crippen molar-refractivity contribution in [2.24, 2.45) is 5.92 Å². The van der Waals surface area contributed by atoms with E-state index >= 15 is 0 Å². The van der Waals surface area contributed by atoms with E-state index in [4.69, 9.17) is 9.83 Å². The second-order valence-corrected chi connectivity index (χ2v) is 5.26. The molecule has 0 amide bonds. The monoisotopic (exact) mass is 267 g/mol.